The number of aryl methyl sites for hydroxylation is 1. The van der Waals surface area contributed by atoms with Crippen molar-refractivity contribution in [2.24, 2.45) is 0 Å². The minimum Gasteiger partial charge on any atom is -0.379 e. The second kappa shape index (κ2) is 11.0. The highest BCUT2D eigenvalue weighted by Gasteiger charge is 1.95. The van der Waals surface area contributed by atoms with Crippen LogP contribution in [0.25, 0.3) is 0 Å². The van der Waals surface area contributed by atoms with Gasteiger partial charge in [0.2, 0.25) is 0 Å². The van der Waals surface area contributed by atoms with E-state index in [1.165, 1.54) is 6.42 Å². The van der Waals surface area contributed by atoms with Gasteiger partial charge in [0, 0.05) is 12.8 Å². The molecule has 1 heterocycles. The number of ether oxygens (including phenoxy) is 3. The van der Waals surface area contributed by atoms with Crippen molar-refractivity contribution in [3.8, 4) is 0 Å². The van der Waals surface area contributed by atoms with Crippen LogP contribution < -0.4 is 0 Å². The van der Waals surface area contributed by atoms with Crippen molar-refractivity contribution < 1.29 is 14.2 Å². The molecule has 0 saturated heterocycles. The lowest BCUT2D eigenvalue weighted by Crippen LogP contribution is -2.12. The van der Waals surface area contributed by atoms with E-state index in [4.69, 9.17) is 14.2 Å². The average Bonchev–Trinajstić information content (AvgIpc) is 2.82. The van der Waals surface area contributed by atoms with E-state index in [9.17, 15) is 0 Å². The van der Waals surface area contributed by atoms with Gasteiger partial charge in [-0.05, 0) is 19.4 Å². The van der Waals surface area contributed by atoms with Crippen molar-refractivity contribution >= 4 is 0 Å². The van der Waals surface area contributed by atoms with Crippen LogP contribution in [0.1, 0.15) is 25.5 Å². The minimum atomic E-state index is 0.620. The Kier molecular flexibility index (Phi) is 9.32. The molecule has 1 aromatic rings. The van der Waals surface area contributed by atoms with Crippen LogP contribution in [0.4, 0.5) is 0 Å². The molecule has 0 aliphatic carbocycles. The zero-order valence-electron chi connectivity index (χ0n) is 12.1. The van der Waals surface area contributed by atoms with Crippen LogP contribution >= 0.6 is 0 Å². The normalized spacial score (nSPS) is 11.1. The van der Waals surface area contributed by atoms with Gasteiger partial charge in [-0.2, -0.15) is 5.10 Å². The molecule has 1 rings (SSSR count). The maximum atomic E-state index is 5.47. The lowest BCUT2D eigenvalue weighted by Gasteiger charge is -2.06. The maximum absolute atomic E-state index is 5.47. The molecular weight excluding hydrogens is 244 g/mol. The SMILES string of the molecule is CCCCOCCOCCOCCn1ccc(C)n1. The molecule has 0 aliphatic rings. The molecule has 0 atom stereocenters. The van der Waals surface area contributed by atoms with Crippen molar-refractivity contribution in [1.29, 1.82) is 0 Å². The minimum absolute atomic E-state index is 0.620. The number of rotatable bonds is 12. The van der Waals surface area contributed by atoms with Crippen molar-refractivity contribution in [2.45, 2.75) is 33.2 Å². The predicted octanol–water partition coefficient (Wildman–Crippen LogP) is 2.04. The van der Waals surface area contributed by atoms with Crippen LogP contribution in [-0.2, 0) is 20.8 Å². The summed E-state index contributed by atoms with van der Waals surface area (Å²) in [6.07, 6.45) is 4.25. The third kappa shape index (κ3) is 8.75. The van der Waals surface area contributed by atoms with Gasteiger partial charge in [-0.15, -0.1) is 0 Å². The number of aromatic nitrogens is 2. The fourth-order valence-electron chi connectivity index (χ4n) is 1.53. The van der Waals surface area contributed by atoms with Gasteiger partial charge in [-0.3, -0.25) is 4.68 Å². The Hall–Kier alpha value is -0.910. The molecule has 0 aliphatic heterocycles. The zero-order chi connectivity index (χ0) is 13.8. The lowest BCUT2D eigenvalue weighted by atomic mass is 10.4. The summed E-state index contributed by atoms with van der Waals surface area (Å²) in [5, 5.41) is 4.28. The van der Waals surface area contributed by atoms with E-state index in [0.717, 1.165) is 25.3 Å². The van der Waals surface area contributed by atoms with Gasteiger partial charge in [-0.1, -0.05) is 13.3 Å². The van der Waals surface area contributed by atoms with Crippen LogP contribution in [0.15, 0.2) is 12.3 Å². The molecule has 0 fully saturated rings. The third-order valence-electron chi connectivity index (χ3n) is 2.62. The van der Waals surface area contributed by atoms with Crippen LogP contribution in [0, 0.1) is 6.92 Å². The second-order valence-electron chi connectivity index (χ2n) is 4.41. The van der Waals surface area contributed by atoms with Crippen LogP contribution in [0.2, 0.25) is 0 Å². The summed E-state index contributed by atoms with van der Waals surface area (Å²) in [5.74, 6) is 0. The fraction of sp³-hybridized carbons (Fsp3) is 0.786. The third-order valence-corrected chi connectivity index (χ3v) is 2.62. The first-order valence-corrected chi connectivity index (χ1v) is 7.06. The quantitative estimate of drug-likeness (QED) is 0.545. The Bertz CT molecular complexity index is 315. The molecule has 5 heteroatoms. The Morgan fingerprint density at radius 1 is 1.00 bits per heavy atom. The van der Waals surface area contributed by atoms with Gasteiger partial charge < -0.3 is 14.2 Å². The number of hydrogen-bond acceptors (Lipinski definition) is 4. The Balaban J connectivity index is 1.79. The highest BCUT2D eigenvalue weighted by atomic mass is 16.5. The average molecular weight is 270 g/mol. The van der Waals surface area contributed by atoms with E-state index in [2.05, 4.69) is 12.0 Å². The molecule has 5 nitrogen and oxygen atoms in total. The van der Waals surface area contributed by atoms with Gasteiger partial charge in [0.15, 0.2) is 0 Å². The summed E-state index contributed by atoms with van der Waals surface area (Å²) in [6.45, 7) is 8.98. The summed E-state index contributed by atoms with van der Waals surface area (Å²) in [6, 6.07) is 1.99. The number of unbranched alkanes of at least 4 members (excludes halogenated alkanes) is 1. The summed E-state index contributed by atoms with van der Waals surface area (Å²) < 4.78 is 18.1. The summed E-state index contributed by atoms with van der Waals surface area (Å²) in [7, 11) is 0. The standard InChI is InChI=1S/C14H26N2O3/c1-3-4-8-17-10-12-19-13-11-18-9-7-16-6-5-14(2)15-16/h5-6H,3-4,7-13H2,1-2H3. The smallest absolute Gasteiger partial charge is 0.0701 e. The molecule has 110 valence electrons. The van der Waals surface area contributed by atoms with Crippen LogP contribution in [0.3, 0.4) is 0 Å². The first kappa shape index (κ1) is 16.1. The van der Waals surface area contributed by atoms with E-state index in [1.54, 1.807) is 0 Å². The van der Waals surface area contributed by atoms with E-state index in [1.807, 2.05) is 23.9 Å². The maximum Gasteiger partial charge on any atom is 0.0701 e. The molecule has 1 aromatic heterocycles. The lowest BCUT2D eigenvalue weighted by molar-refractivity contribution is 0.0123. The van der Waals surface area contributed by atoms with Crippen molar-refractivity contribution in [3.63, 3.8) is 0 Å². The molecule has 0 unspecified atom stereocenters. The van der Waals surface area contributed by atoms with E-state index in [0.29, 0.717) is 33.0 Å². The second-order valence-corrected chi connectivity index (χ2v) is 4.41. The van der Waals surface area contributed by atoms with Gasteiger partial charge in [0.1, 0.15) is 0 Å². The largest absolute Gasteiger partial charge is 0.379 e. The van der Waals surface area contributed by atoms with Crippen molar-refractivity contribution in [1.82, 2.24) is 9.78 Å². The molecule has 19 heavy (non-hydrogen) atoms. The topological polar surface area (TPSA) is 45.5 Å². The Morgan fingerprint density at radius 2 is 1.63 bits per heavy atom. The van der Waals surface area contributed by atoms with Crippen LogP contribution in [-0.4, -0.2) is 49.4 Å². The first-order chi connectivity index (χ1) is 9.33. The molecule has 0 N–H and O–H groups in total. The molecule has 0 radical (unpaired) electrons. The summed E-state index contributed by atoms with van der Waals surface area (Å²) in [5.41, 5.74) is 1.03. The fourth-order valence-corrected chi connectivity index (χ4v) is 1.53. The molecular formula is C14H26N2O3. The molecule has 0 spiro atoms. The number of hydrogen-bond donors (Lipinski definition) is 0. The van der Waals surface area contributed by atoms with E-state index >= 15 is 0 Å². The Labute approximate surface area is 115 Å². The zero-order valence-corrected chi connectivity index (χ0v) is 12.1. The Morgan fingerprint density at radius 3 is 2.21 bits per heavy atom. The van der Waals surface area contributed by atoms with Crippen molar-refractivity contribution in [2.75, 3.05) is 39.6 Å². The molecule has 0 amide bonds. The van der Waals surface area contributed by atoms with E-state index < -0.39 is 0 Å². The summed E-state index contributed by atoms with van der Waals surface area (Å²) in [4.78, 5) is 0. The van der Waals surface area contributed by atoms with Crippen molar-refractivity contribution in [3.05, 3.63) is 18.0 Å². The number of nitrogens with zero attached hydrogens (tertiary/aromatic N) is 2. The molecule has 0 bridgehead atoms. The van der Waals surface area contributed by atoms with Gasteiger partial charge >= 0.3 is 0 Å². The molecule has 0 aromatic carbocycles. The molecule has 0 saturated carbocycles. The highest BCUT2D eigenvalue weighted by molar-refractivity contribution is 4.94. The van der Waals surface area contributed by atoms with Gasteiger partial charge in [0.05, 0.1) is 45.3 Å². The highest BCUT2D eigenvalue weighted by Crippen LogP contribution is 1.92. The van der Waals surface area contributed by atoms with E-state index in [-0.39, 0.29) is 0 Å². The summed E-state index contributed by atoms with van der Waals surface area (Å²) >= 11 is 0. The van der Waals surface area contributed by atoms with Crippen LogP contribution in [0.5, 0.6) is 0 Å². The predicted molar refractivity (Wildman–Crippen MR) is 74.3 cm³/mol. The first-order valence-electron chi connectivity index (χ1n) is 7.06. The van der Waals surface area contributed by atoms with Gasteiger partial charge in [0.25, 0.3) is 0 Å². The monoisotopic (exact) mass is 270 g/mol. The van der Waals surface area contributed by atoms with Gasteiger partial charge in [-0.25, -0.2) is 0 Å².